The third-order valence-electron chi connectivity index (χ3n) is 2.59. The first-order chi connectivity index (χ1) is 7.16. The van der Waals surface area contributed by atoms with E-state index in [1.54, 1.807) is 0 Å². The lowest BCUT2D eigenvalue weighted by molar-refractivity contribution is 0.0604. The topological polar surface area (TPSA) is 29.5 Å². The summed E-state index contributed by atoms with van der Waals surface area (Å²) in [5.41, 5.74) is 0. The molecule has 1 aromatic carbocycles. The largest absolute Gasteiger partial charge is 0.486 e. The van der Waals surface area contributed by atoms with E-state index in [1.165, 1.54) is 18.2 Å². The molecule has 15 heavy (non-hydrogen) atoms. The average Bonchev–Trinajstić information content (AvgIpc) is 2.57. The summed E-state index contributed by atoms with van der Waals surface area (Å²) in [5, 5.41) is 9.80. The van der Waals surface area contributed by atoms with Crippen molar-refractivity contribution >= 4 is 11.6 Å². The second-order valence-electron chi connectivity index (χ2n) is 3.73. The number of halogens is 2. The highest BCUT2D eigenvalue weighted by atomic mass is 35.5. The van der Waals surface area contributed by atoms with Crippen LogP contribution in [0.4, 0.5) is 4.39 Å². The first-order valence-corrected chi connectivity index (χ1v) is 5.34. The van der Waals surface area contributed by atoms with Gasteiger partial charge in [0, 0.05) is 0 Å². The Kier molecular flexibility index (Phi) is 3.12. The van der Waals surface area contributed by atoms with Gasteiger partial charge in [-0.2, -0.15) is 0 Å². The number of aliphatic hydroxyl groups is 1. The van der Waals surface area contributed by atoms with Crippen LogP contribution < -0.4 is 4.74 Å². The minimum atomic E-state index is -0.439. The summed E-state index contributed by atoms with van der Waals surface area (Å²) in [6.45, 7) is 0. The van der Waals surface area contributed by atoms with E-state index in [0.717, 1.165) is 19.3 Å². The molecule has 2 nitrogen and oxygen atoms in total. The zero-order valence-electron chi connectivity index (χ0n) is 8.12. The Morgan fingerprint density at radius 3 is 2.80 bits per heavy atom. The predicted octanol–water partition coefficient (Wildman–Crippen LogP) is 2.77. The van der Waals surface area contributed by atoms with E-state index >= 15 is 0 Å². The normalized spacial score (nSPS) is 25.5. The van der Waals surface area contributed by atoms with Gasteiger partial charge in [0.15, 0.2) is 0 Å². The molecule has 0 bridgehead atoms. The van der Waals surface area contributed by atoms with Gasteiger partial charge in [-0.15, -0.1) is 0 Å². The van der Waals surface area contributed by atoms with Gasteiger partial charge < -0.3 is 9.84 Å². The molecule has 0 radical (unpaired) electrons. The van der Waals surface area contributed by atoms with Crippen LogP contribution in [0.3, 0.4) is 0 Å². The van der Waals surface area contributed by atoms with Crippen LogP contribution in [0.15, 0.2) is 18.2 Å². The maximum atomic E-state index is 12.7. The molecule has 0 heterocycles. The fourth-order valence-corrected chi connectivity index (χ4v) is 1.99. The van der Waals surface area contributed by atoms with Gasteiger partial charge in [-0.25, -0.2) is 4.39 Å². The molecule has 82 valence electrons. The number of rotatable bonds is 2. The Hall–Kier alpha value is -0.800. The van der Waals surface area contributed by atoms with Crippen molar-refractivity contribution in [3.8, 4) is 5.75 Å². The molecule has 1 aliphatic carbocycles. The maximum absolute atomic E-state index is 12.7. The molecular weight excluding hydrogens is 219 g/mol. The summed E-state index contributed by atoms with van der Waals surface area (Å²) < 4.78 is 18.3. The lowest BCUT2D eigenvalue weighted by Crippen LogP contribution is -2.25. The molecule has 1 N–H and O–H groups in total. The summed E-state index contributed by atoms with van der Waals surface area (Å²) in [6.07, 6.45) is 1.86. The van der Waals surface area contributed by atoms with Gasteiger partial charge >= 0.3 is 0 Å². The zero-order valence-corrected chi connectivity index (χ0v) is 8.88. The van der Waals surface area contributed by atoms with E-state index in [4.69, 9.17) is 16.3 Å². The molecule has 1 fully saturated rings. The standard InChI is InChI=1S/C11H12ClFO2/c12-8-6-7(13)4-5-10(8)15-11-3-1-2-9(11)14/h4-6,9,11,14H,1-3H2/t9-,11-/m1/s1. The van der Waals surface area contributed by atoms with E-state index in [9.17, 15) is 9.50 Å². The van der Waals surface area contributed by atoms with Crippen LogP contribution in [0.25, 0.3) is 0 Å². The number of ether oxygens (including phenoxy) is 1. The number of hydrogen-bond acceptors (Lipinski definition) is 2. The molecule has 2 atom stereocenters. The fraction of sp³-hybridized carbons (Fsp3) is 0.455. The van der Waals surface area contributed by atoms with Crippen molar-refractivity contribution in [2.45, 2.75) is 31.5 Å². The van der Waals surface area contributed by atoms with Gasteiger partial charge in [0.1, 0.15) is 17.7 Å². The van der Waals surface area contributed by atoms with E-state index in [2.05, 4.69) is 0 Å². The quantitative estimate of drug-likeness (QED) is 0.847. The average molecular weight is 231 g/mol. The number of benzene rings is 1. The smallest absolute Gasteiger partial charge is 0.138 e. The summed E-state index contributed by atoms with van der Waals surface area (Å²) in [4.78, 5) is 0. The molecule has 0 aliphatic heterocycles. The van der Waals surface area contributed by atoms with Crippen LogP contribution in [-0.2, 0) is 0 Å². The molecule has 1 saturated carbocycles. The third kappa shape index (κ3) is 2.41. The van der Waals surface area contributed by atoms with E-state index in [1.807, 2.05) is 0 Å². The summed E-state index contributed by atoms with van der Waals surface area (Å²) >= 11 is 5.81. The molecule has 1 aromatic rings. The second kappa shape index (κ2) is 4.37. The molecule has 4 heteroatoms. The summed E-state index contributed by atoms with van der Waals surface area (Å²) in [6, 6.07) is 3.99. The monoisotopic (exact) mass is 230 g/mol. The van der Waals surface area contributed by atoms with E-state index in [-0.39, 0.29) is 16.9 Å². The Labute approximate surface area is 92.6 Å². The van der Waals surface area contributed by atoms with Gasteiger partial charge in [-0.05, 0) is 37.5 Å². The van der Waals surface area contributed by atoms with Crippen molar-refractivity contribution in [3.05, 3.63) is 29.0 Å². The van der Waals surface area contributed by atoms with Crippen molar-refractivity contribution in [1.29, 1.82) is 0 Å². The zero-order chi connectivity index (χ0) is 10.8. The van der Waals surface area contributed by atoms with Gasteiger partial charge in [-0.3, -0.25) is 0 Å². The summed E-state index contributed by atoms with van der Waals surface area (Å²) in [7, 11) is 0. The van der Waals surface area contributed by atoms with Crippen LogP contribution in [0, 0.1) is 5.82 Å². The SMILES string of the molecule is O[C@@H]1CCC[C@H]1Oc1ccc(F)cc1Cl. The van der Waals surface area contributed by atoms with Gasteiger partial charge in [-0.1, -0.05) is 11.6 Å². The Bertz CT molecular complexity index is 356. The van der Waals surface area contributed by atoms with Crippen LogP contribution >= 0.6 is 11.6 Å². The molecule has 0 saturated heterocycles. The van der Waals surface area contributed by atoms with Gasteiger partial charge in [0.05, 0.1) is 11.1 Å². The molecule has 0 amide bonds. The Morgan fingerprint density at radius 2 is 2.20 bits per heavy atom. The fourth-order valence-electron chi connectivity index (χ4n) is 1.78. The highest BCUT2D eigenvalue weighted by molar-refractivity contribution is 6.32. The van der Waals surface area contributed by atoms with Crippen molar-refractivity contribution < 1.29 is 14.2 Å². The highest BCUT2D eigenvalue weighted by Crippen LogP contribution is 2.30. The van der Waals surface area contributed by atoms with Crippen LogP contribution in [0.5, 0.6) is 5.75 Å². The lowest BCUT2D eigenvalue weighted by Gasteiger charge is -2.17. The van der Waals surface area contributed by atoms with Gasteiger partial charge in [0.2, 0.25) is 0 Å². The number of hydrogen-bond donors (Lipinski definition) is 1. The second-order valence-corrected chi connectivity index (χ2v) is 4.14. The Morgan fingerprint density at radius 1 is 1.40 bits per heavy atom. The first-order valence-electron chi connectivity index (χ1n) is 4.96. The molecular formula is C11H12ClFO2. The lowest BCUT2D eigenvalue weighted by atomic mass is 10.2. The van der Waals surface area contributed by atoms with Crippen molar-refractivity contribution in [1.82, 2.24) is 0 Å². The van der Waals surface area contributed by atoms with Crippen LogP contribution in [-0.4, -0.2) is 17.3 Å². The minimum absolute atomic E-state index is 0.215. The van der Waals surface area contributed by atoms with Crippen LogP contribution in [0.2, 0.25) is 5.02 Å². The van der Waals surface area contributed by atoms with E-state index < -0.39 is 6.10 Å². The first kappa shape index (κ1) is 10.7. The minimum Gasteiger partial charge on any atom is -0.486 e. The van der Waals surface area contributed by atoms with Crippen LogP contribution in [0.1, 0.15) is 19.3 Å². The molecule has 2 rings (SSSR count). The Balaban J connectivity index is 2.10. The molecule has 0 unspecified atom stereocenters. The number of aliphatic hydroxyl groups excluding tert-OH is 1. The maximum Gasteiger partial charge on any atom is 0.138 e. The molecule has 0 aromatic heterocycles. The molecule has 1 aliphatic rings. The van der Waals surface area contributed by atoms with Crippen molar-refractivity contribution in [2.24, 2.45) is 0 Å². The van der Waals surface area contributed by atoms with Crippen molar-refractivity contribution in [3.63, 3.8) is 0 Å². The molecule has 0 spiro atoms. The summed E-state index contributed by atoms with van der Waals surface area (Å²) in [5.74, 6) is 0.0448. The van der Waals surface area contributed by atoms with Gasteiger partial charge in [0.25, 0.3) is 0 Å². The third-order valence-corrected chi connectivity index (χ3v) is 2.89. The predicted molar refractivity (Wildman–Crippen MR) is 55.7 cm³/mol. The van der Waals surface area contributed by atoms with Crippen molar-refractivity contribution in [2.75, 3.05) is 0 Å². The highest BCUT2D eigenvalue weighted by Gasteiger charge is 2.27. The van der Waals surface area contributed by atoms with E-state index in [0.29, 0.717) is 5.75 Å².